The highest BCUT2D eigenvalue weighted by molar-refractivity contribution is 6.02. The smallest absolute Gasteiger partial charge is 0.172 e. The molecule has 0 atom stereocenters. The third-order valence-corrected chi connectivity index (χ3v) is 3.00. The summed E-state index contributed by atoms with van der Waals surface area (Å²) >= 11 is 0. The molecule has 0 radical (unpaired) electrons. The molecule has 5 nitrogen and oxygen atoms in total. The minimum atomic E-state index is 0.0918. The fraction of sp³-hybridized carbons (Fsp3) is 0.143. The van der Waals surface area contributed by atoms with Crippen molar-refractivity contribution in [2.24, 2.45) is 10.9 Å². The molecule has 0 spiro atoms. The summed E-state index contributed by atoms with van der Waals surface area (Å²) < 4.78 is 0. The predicted molar refractivity (Wildman–Crippen MR) is 76.0 cm³/mol. The lowest BCUT2D eigenvalue weighted by Crippen LogP contribution is -2.19. The molecule has 0 aliphatic carbocycles. The van der Waals surface area contributed by atoms with Crippen LogP contribution in [0.2, 0.25) is 0 Å². The van der Waals surface area contributed by atoms with Crippen LogP contribution >= 0.6 is 0 Å². The molecule has 0 unspecified atom stereocenters. The van der Waals surface area contributed by atoms with Crippen molar-refractivity contribution in [3.63, 3.8) is 0 Å². The van der Waals surface area contributed by atoms with Gasteiger partial charge in [-0.05, 0) is 30.7 Å². The molecule has 2 rings (SSSR count). The van der Waals surface area contributed by atoms with E-state index in [1.165, 1.54) is 0 Å². The lowest BCUT2D eigenvalue weighted by Gasteiger charge is -2.23. The summed E-state index contributed by atoms with van der Waals surface area (Å²) in [6.45, 7) is 1.99. The second-order valence-corrected chi connectivity index (χ2v) is 4.22. The number of aryl methyl sites for hydroxylation is 1. The van der Waals surface area contributed by atoms with Crippen molar-refractivity contribution in [3.8, 4) is 0 Å². The number of hydrogen-bond donors (Lipinski definition) is 2. The molecule has 1 aromatic carbocycles. The number of oxime groups is 1. The summed E-state index contributed by atoms with van der Waals surface area (Å²) in [7, 11) is 1.94. The van der Waals surface area contributed by atoms with Gasteiger partial charge in [-0.3, -0.25) is 4.98 Å². The minimum Gasteiger partial charge on any atom is -0.409 e. The van der Waals surface area contributed by atoms with Gasteiger partial charge in [0.05, 0.1) is 5.69 Å². The van der Waals surface area contributed by atoms with Gasteiger partial charge in [0.2, 0.25) is 0 Å². The molecule has 0 aliphatic heterocycles. The van der Waals surface area contributed by atoms with Crippen LogP contribution in [0.5, 0.6) is 0 Å². The summed E-state index contributed by atoms with van der Waals surface area (Å²) in [6, 6.07) is 9.43. The monoisotopic (exact) mass is 256 g/mol. The van der Waals surface area contributed by atoms with E-state index in [0.29, 0.717) is 5.56 Å². The number of pyridine rings is 1. The lowest BCUT2D eigenvalue weighted by atomic mass is 10.1. The first-order chi connectivity index (χ1) is 9.15. The first-order valence-electron chi connectivity index (χ1n) is 5.86. The summed E-state index contributed by atoms with van der Waals surface area (Å²) in [5, 5.41) is 11.9. The van der Waals surface area contributed by atoms with Gasteiger partial charge >= 0.3 is 0 Å². The van der Waals surface area contributed by atoms with Crippen LogP contribution in [0.25, 0.3) is 0 Å². The van der Waals surface area contributed by atoms with Crippen LogP contribution in [0.4, 0.5) is 11.4 Å². The van der Waals surface area contributed by atoms with Crippen molar-refractivity contribution in [1.29, 1.82) is 0 Å². The fourth-order valence-corrected chi connectivity index (χ4v) is 2.01. The van der Waals surface area contributed by atoms with Gasteiger partial charge in [-0.25, -0.2) is 0 Å². The Morgan fingerprint density at radius 1 is 1.26 bits per heavy atom. The van der Waals surface area contributed by atoms with E-state index in [1.54, 1.807) is 12.4 Å². The first-order valence-corrected chi connectivity index (χ1v) is 5.86. The number of hydrogen-bond acceptors (Lipinski definition) is 4. The standard InChI is InChI=1S/C14H16N4O/c1-10-9-16-8-7-12(10)18(2)13-6-4-3-5-11(13)14(15)17-19/h3-9,19H,1-2H3,(H2,15,17). The second kappa shape index (κ2) is 5.39. The number of para-hydroxylation sites is 1. The molecule has 1 heterocycles. The first kappa shape index (κ1) is 12.9. The molecule has 0 bridgehead atoms. The van der Waals surface area contributed by atoms with E-state index in [4.69, 9.17) is 10.9 Å². The van der Waals surface area contributed by atoms with Gasteiger partial charge in [-0.1, -0.05) is 17.3 Å². The van der Waals surface area contributed by atoms with Crippen LogP contribution in [-0.4, -0.2) is 23.1 Å². The summed E-state index contributed by atoms with van der Waals surface area (Å²) in [4.78, 5) is 6.07. The molecular formula is C14H16N4O. The summed E-state index contributed by atoms with van der Waals surface area (Å²) in [6.07, 6.45) is 3.54. The highest BCUT2D eigenvalue weighted by Crippen LogP contribution is 2.28. The third kappa shape index (κ3) is 2.49. The number of benzene rings is 1. The van der Waals surface area contributed by atoms with Crippen molar-refractivity contribution in [3.05, 3.63) is 53.9 Å². The lowest BCUT2D eigenvalue weighted by molar-refractivity contribution is 0.318. The molecule has 0 fully saturated rings. The fourth-order valence-electron chi connectivity index (χ4n) is 2.01. The van der Waals surface area contributed by atoms with Crippen molar-refractivity contribution in [2.75, 3.05) is 11.9 Å². The molecule has 2 aromatic rings. The molecule has 5 heteroatoms. The van der Waals surface area contributed by atoms with E-state index in [-0.39, 0.29) is 5.84 Å². The number of anilines is 2. The van der Waals surface area contributed by atoms with E-state index < -0.39 is 0 Å². The van der Waals surface area contributed by atoms with Gasteiger partial charge in [0.15, 0.2) is 5.84 Å². The van der Waals surface area contributed by atoms with Gasteiger partial charge < -0.3 is 15.8 Å². The number of aromatic nitrogens is 1. The van der Waals surface area contributed by atoms with E-state index >= 15 is 0 Å². The Hall–Kier alpha value is -2.56. The maximum atomic E-state index is 8.85. The zero-order valence-electron chi connectivity index (χ0n) is 10.9. The predicted octanol–water partition coefficient (Wildman–Crippen LogP) is 2.25. The minimum absolute atomic E-state index is 0.0918. The van der Waals surface area contributed by atoms with Gasteiger partial charge in [0.1, 0.15) is 0 Å². The Bertz CT molecular complexity index is 610. The van der Waals surface area contributed by atoms with E-state index in [9.17, 15) is 0 Å². The Balaban J connectivity index is 2.51. The van der Waals surface area contributed by atoms with E-state index in [1.807, 2.05) is 49.2 Å². The molecule has 0 saturated heterocycles. The zero-order chi connectivity index (χ0) is 13.8. The van der Waals surface area contributed by atoms with Gasteiger partial charge in [0, 0.05) is 30.7 Å². The highest BCUT2D eigenvalue weighted by atomic mass is 16.4. The van der Waals surface area contributed by atoms with Crippen molar-refractivity contribution < 1.29 is 5.21 Å². The van der Waals surface area contributed by atoms with E-state index in [0.717, 1.165) is 16.9 Å². The SMILES string of the molecule is Cc1cnccc1N(C)c1ccccc1C(N)=NO. The average Bonchev–Trinajstić information content (AvgIpc) is 2.46. The molecule has 98 valence electrons. The Labute approximate surface area is 112 Å². The van der Waals surface area contributed by atoms with Crippen molar-refractivity contribution in [2.45, 2.75) is 6.92 Å². The van der Waals surface area contributed by atoms with Gasteiger partial charge in [-0.15, -0.1) is 0 Å². The van der Waals surface area contributed by atoms with Gasteiger partial charge in [-0.2, -0.15) is 0 Å². The highest BCUT2D eigenvalue weighted by Gasteiger charge is 2.13. The molecule has 0 aliphatic rings. The van der Waals surface area contributed by atoms with E-state index in [2.05, 4.69) is 10.1 Å². The van der Waals surface area contributed by atoms with Crippen LogP contribution in [-0.2, 0) is 0 Å². The number of amidine groups is 1. The Morgan fingerprint density at radius 3 is 2.68 bits per heavy atom. The maximum Gasteiger partial charge on any atom is 0.172 e. The molecule has 0 amide bonds. The summed E-state index contributed by atoms with van der Waals surface area (Å²) in [5.74, 6) is 0.0918. The van der Waals surface area contributed by atoms with Crippen LogP contribution in [0, 0.1) is 6.92 Å². The zero-order valence-corrected chi connectivity index (χ0v) is 10.9. The van der Waals surface area contributed by atoms with Crippen molar-refractivity contribution in [1.82, 2.24) is 4.98 Å². The topological polar surface area (TPSA) is 74.7 Å². The largest absolute Gasteiger partial charge is 0.409 e. The van der Waals surface area contributed by atoms with Gasteiger partial charge in [0.25, 0.3) is 0 Å². The third-order valence-electron chi connectivity index (χ3n) is 3.00. The second-order valence-electron chi connectivity index (χ2n) is 4.22. The molecular weight excluding hydrogens is 240 g/mol. The molecule has 1 aromatic heterocycles. The molecule has 19 heavy (non-hydrogen) atoms. The molecule has 0 saturated carbocycles. The number of nitrogens with two attached hydrogens (primary N) is 1. The Morgan fingerprint density at radius 2 is 2.00 bits per heavy atom. The average molecular weight is 256 g/mol. The quantitative estimate of drug-likeness (QED) is 0.382. The number of nitrogens with zero attached hydrogens (tertiary/aromatic N) is 3. The van der Waals surface area contributed by atoms with Crippen LogP contribution < -0.4 is 10.6 Å². The van der Waals surface area contributed by atoms with Crippen LogP contribution in [0.15, 0.2) is 47.9 Å². The van der Waals surface area contributed by atoms with Crippen LogP contribution in [0.3, 0.4) is 0 Å². The summed E-state index contributed by atoms with van der Waals surface area (Å²) in [5.41, 5.74) is 9.34. The molecule has 3 N–H and O–H groups in total. The van der Waals surface area contributed by atoms with Crippen molar-refractivity contribution >= 4 is 17.2 Å². The Kier molecular flexibility index (Phi) is 3.66. The van der Waals surface area contributed by atoms with Crippen LogP contribution in [0.1, 0.15) is 11.1 Å². The number of rotatable bonds is 3. The normalized spacial score (nSPS) is 11.4. The maximum absolute atomic E-state index is 8.85.